The van der Waals surface area contributed by atoms with E-state index in [-0.39, 0.29) is 0 Å². The van der Waals surface area contributed by atoms with Gasteiger partial charge in [-0.2, -0.15) is 0 Å². The molecule has 0 aliphatic rings. The lowest BCUT2D eigenvalue weighted by atomic mass is 10.1. The monoisotopic (exact) mass is 354 g/mol. The van der Waals surface area contributed by atoms with Gasteiger partial charge >= 0.3 is 0 Å². The largest absolute Gasteiger partial charge is 0.453 e. The molecule has 0 fully saturated rings. The van der Waals surface area contributed by atoms with E-state index < -0.39 is 0 Å². The second-order valence-electron chi connectivity index (χ2n) is 4.89. The Morgan fingerprint density at radius 1 is 1.05 bits per heavy atom. The fourth-order valence-electron chi connectivity index (χ4n) is 2.26. The number of benzene rings is 1. The number of aromatic nitrogens is 3. The molecule has 0 aliphatic carbocycles. The lowest BCUT2D eigenvalue weighted by molar-refractivity contribution is 0.593. The highest BCUT2D eigenvalue weighted by molar-refractivity contribution is 9.10. The van der Waals surface area contributed by atoms with Gasteiger partial charge in [0.05, 0.1) is 0 Å². The number of hydrogen-bond acceptors (Lipinski definition) is 4. The van der Waals surface area contributed by atoms with Crippen molar-refractivity contribution in [2.45, 2.75) is 0 Å². The van der Waals surface area contributed by atoms with Crippen LogP contribution in [0.4, 0.5) is 5.69 Å². The van der Waals surface area contributed by atoms with Crippen LogP contribution in [0.15, 0.2) is 57.6 Å². The molecule has 0 aliphatic heterocycles. The summed E-state index contributed by atoms with van der Waals surface area (Å²) in [7, 11) is 0. The minimum absolute atomic E-state index is 0.655. The lowest BCUT2D eigenvalue weighted by Crippen LogP contribution is -1.82. The van der Waals surface area contributed by atoms with Gasteiger partial charge in [0.15, 0.2) is 17.2 Å². The Labute approximate surface area is 134 Å². The summed E-state index contributed by atoms with van der Waals surface area (Å²) in [5.41, 5.74) is 8.91. The molecule has 0 radical (unpaired) electrons. The first-order chi connectivity index (χ1) is 10.7. The molecule has 1 aromatic carbocycles. The number of imidazole rings is 1. The van der Waals surface area contributed by atoms with Crippen LogP contribution < -0.4 is 5.73 Å². The maximum Gasteiger partial charge on any atom is 0.175 e. The molecule has 108 valence electrons. The summed E-state index contributed by atoms with van der Waals surface area (Å²) in [6.45, 7) is 0. The number of rotatable bonds is 2. The molecule has 22 heavy (non-hydrogen) atoms. The van der Waals surface area contributed by atoms with Gasteiger partial charge in [-0.1, -0.05) is 0 Å². The first kappa shape index (κ1) is 13.1. The number of fused-ring (bicyclic) bond motifs is 1. The summed E-state index contributed by atoms with van der Waals surface area (Å²) < 4.78 is 6.77. The number of nitrogens with two attached hydrogens (primary N) is 1. The molecule has 0 bridgehead atoms. The van der Waals surface area contributed by atoms with Crippen LogP contribution in [0, 0.1) is 0 Å². The molecular weight excluding hydrogens is 344 g/mol. The molecule has 3 heterocycles. The van der Waals surface area contributed by atoms with E-state index in [4.69, 9.17) is 10.2 Å². The molecule has 0 saturated heterocycles. The molecule has 5 nitrogen and oxygen atoms in total. The standard InChI is InChI=1S/C16H11BrN4O/c17-10-7-12-15(19-8-10)21-16(20-12)14-6-5-13(22-14)9-1-3-11(18)4-2-9/h1-8H,18H2,(H,19,20,21). The van der Waals surface area contributed by atoms with Crippen LogP contribution >= 0.6 is 15.9 Å². The zero-order valence-corrected chi connectivity index (χ0v) is 13.0. The number of furan rings is 1. The summed E-state index contributed by atoms with van der Waals surface area (Å²) in [5, 5.41) is 0. The van der Waals surface area contributed by atoms with Crippen LogP contribution in [0.3, 0.4) is 0 Å². The van der Waals surface area contributed by atoms with Crippen LogP contribution in [-0.2, 0) is 0 Å². The SMILES string of the molecule is Nc1ccc(-c2ccc(-c3nc4cc(Br)cnc4[nH]3)o2)cc1. The molecule has 0 unspecified atom stereocenters. The summed E-state index contributed by atoms with van der Waals surface area (Å²) in [4.78, 5) is 11.9. The third kappa shape index (κ3) is 2.27. The number of nitrogen functional groups attached to an aromatic ring is 1. The van der Waals surface area contributed by atoms with Crippen molar-refractivity contribution in [1.82, 2.24) is 15.0 Å². The molecule has 6 heteroatoms. The molecule has 3 aromatic heterocycles. The highest BCUT2D eigenvalue weighted by atomic mass is 79.9. The maximum absolute atomic E-state index is 5.88. The van der Waals surface area contributed by atoms with Crippen LogP contribution in [0.5, 0.6) is 0 Å². The van der Waals surface area contributed by atoms with Crippen molar-refractivity contribution in [2.75, 3.05) is 5.73 Å². The third-order valence-electron chi connectivity index (χ3n) is 3.34. The second-order valence-corrected chi connectivity index (χ2v) is 5.81. The Morgan fingerprint density at radius 3 is 2.64 bits per heavy atom. The smallest absolute Gasteiger partial charge is 0.175 e. The number of nitrogens with zero attached hydrogens (tertiary/aromatic N) is 2. The molecule has 0 amide bonds. The minimum atomic E-state index is 0.655. The topological polar surface area (TPSA) is 80.7 Å². The summed E-state index contributed by atoms with van der Waals surface area (Å²) in [6, 6.07) is 13.3. The molecule has 3 N–H and O–H groups in total. The maximum atomic E-state index is 5.88. The summed E-state index contributed by atoms with van der Waals surface area (Å²) in [5.74, 6) is 2.09. The van der Waals surface area contributed by atoms with E-state index in [0.29, 0.717) is 11.6 Å². The number of aromatic amines is 1. The Bertz CT molecular complexity index is 956. The van der Waals surface area contributed by atoms with Crippen LogP contribution in [-0.4, -0.2) is 15.0 Å². The van der Waals surface area contributed by atoms with E-state index in [1.165, 1.54) is 0 Å². The van der Waals surface area contributed by atoms with Crippen molar-refractivity contribution in [2.24, 2.45) is 0 Å². The van der Waals surface area contributed by atoms with Gasteiger partial charge in [-0.05, 0) is 58.4 Å². The predicted octanol–water partition coefficient (Wildman–Crippen LogP) is 4.23. The molecule has 4 aromatic rings. The first-order valence-corrected chi connectivity index (χ1v) is 7.46. The molecule has 0 saturated carbocycles. The van der Waals surface area contributed by atoms with Gasteiger partial charge in [-0.25, -0.2) is 9.97 Å². The van der Waals surface area contributed by atoms with Crippen molar-refractivity contribution in [3.63, 3.8) is 0 Å². The molecule has 4 rings (SSSR count). The summed E-state index contributed by atoms with van der Waals surface area (Å²) in [6.07, 6.45) is 1.73. The van der Waals surface area contributed by atoms with E-state index in [1.807, 2.05) is 42.5 Å². The Balaban J connectivity index is 1.74. The van der Waals surface area contributed by atoms with Gasteiger partial charge in [0.1, 0.15) is 11.3 Å². The number of nitrogens with one attached hydrogen (secondary N) is 1. The fourth-order valence-corrected chi connectivity index (χ4v) is 2.57. The van der Waals surface area contributed by atoms with E-state index in [0.717, 1.165) is 32.6 Å². The molecular formula is C16H11BrN4O. The van der Waals surface area contributed by atoms with Gasteiger partial charge in [-0.15, -0.1) is 0 Å². The van der Waals surface area contributed by atoms with Crippen LogP contribution in [0.1, 0.15) is 0 Å². The number of pyridine rings is 1. The zero-order valence-electron chi connectivity index (χ0n) is 11.4. The Morgan fingerprint density at radius 2 is 1.82 bits per heavy atom. The van der Waals surface area contributed by atoms with E-state index in [1.54, 1.807) is 6.20 Å². The minimum Gasteiger partial charge on any atom is -0.453 e. The van der Waals surface area contributed by atoms with Gasteiger partial charge in [0.25, 0.3) is 0 Å². The van der Waals surface area contributed by atoms with Gasteiger partial charge in [-0.3, -0.25) is 0 Å². The van der Waals surface area contributed by atoms with E-state index in [2.05, 4.69) is 30.9 Å². The molecule has 0 spiro atoms. The summed E-state index contributed by atoms with van der Waals surface area (Å²) >= 11 is 3.39. The van der Waals surface area contributed by atoms with E-state index in [9.17, 15) is 0 Å². The number of halogens is 1. The van der Waals surface area contributed by atoms with Crippen molar-refractivity contribution < 1.29 is 4.42 Å². The fraction of sp³-hybridized carbons (Fsp3) is 0. The quantitative estimate of drug-likeness (QED) is 0.527. The first-order valence-electron chi connectivity index (χ1n) is 6.66. The van der Waals surface area contributed by atoms with Crippen molar-refractivity contribution >= 4 is 32.8 Å². The lowest BCUT2D eigenvalue weighted by Gasteiger charge is -1.97. The normalized spacial score (nSPS) is 11.1. The molecule has 0 atom stereocenters. The predicted molar refractivity (Wildman–Crippen MR) is 89.1 cm³/mol. The highest BCUT2D eigenvalue weighted by Crippen LogP contribution is 2.28. The van der Waals surface area contributed by atoms with Crippen molar-refractivity contribution in [1.29, 1.82) is 0 Å². The number of hydrogen-bond donors (Lipinski definition) is 2. The van der Waals surface area contributed by atoms with E-state index >= 15 is 0 Å². The van der Waals surface area contributed by atoms with Crippen LogP contribution in [0.25, 0.3) is 34.1 Å². The van der Waals surface area contributed by atoms with Crippen LogP contribution in [0.2, 0.25) is 0 Å². The Kier molecular flexibility index (Phi) is 2.97. The average Bonchev–Trinajstić information content (AvgIpc) is 3.13. The van der Waals surface area contributed by atoms with Gasteiger partial charge < -0.3 is 15.1 Å². The van der Waals surface area contributed by atoms with Gasteiger partial charge in [0.2, 0.25) is 0 Å². The average molecular weight is 355 g/mol. The van der Waals surface area contributed by atoms with Crippen molar-refractivity contribution in [3.05, 3.63) is 53.1 Å². The zero-order chi connectivity index (χ0) is 15.1. The van der Waals surface area contributed by atoms with Crippen molar-refractivity contribution in [3.8, 4) is 22.9 Å². The highest BCUT2D eigenvalue weighted by Gasteiger charge is 2.11. The Hall–Kier alpha value is -2.60. The number of anilines is 1. The van der Waals surface area contributed by atoms with Gasteiger partial charge in [0, 0.05) is 21.9 Å². The second kappa shape index (κ2) is 4.99. The number of H-pyrrole nitrogens is 1. The third-order valence-corrected chi connectivity index (χ3v) is 3.77.